The Labute approximate surface area is 173 Å². The van der Waals surface area contributed by atoms with Crippen molar-refractivity contribution >= 4 is 11.7 Å². The molecule has 154 valence electrons. The molecular weight excluding hydrogens is 385 g/mol. The minimum atomic E-state index is -0.280. The Kier molecular flexibility index (Phi) is 4.80. The minimum Gasteiger partial charge on any atom is -0.378 e. The molecule has 0 aliphatic carbocycles. The van der Waals surface area contributed by atoms with Gasteiger partial charge < -0.3 is 10.1 Å². The number of amides is 1. The first-order chi connectivity index (χ1) is 14.6. The lowest BCUT2D eigenvalue weighted by molar-refractivity contribution is -0.114. The zero-order valence-electron chi connectivity index (χ0n) is 16.6. The molecule has 30 heavy (non-hydrogen) atoms. The van der Waals surface area contributed by atoms with Crippen molar-refractivity contribution in [3.63, 3.8) is 0 Å². The number of nitrogens with one attached hydrogen (secondary N) is 1. The SMILES string of the molecule is CC(=O)Nc1cc(-c2c(-c3ccc(F)cc3)nn3c2CN(C2COC2)CC3)ccn1. The van der Waals surface area contributed by atoms with E-state index in [1.54, 1.807) is 18.3 Å². The predicted octanol–water partition coefficient (Wildman–Crippen LogP) is 2.92. The first kappa shape index (κ1) is 18.9. The van der Waals surface area contributed by atoms with Crippen molar-refractivity contribution < 1.29 is 13.9 Å². The maximum atomic E-state index is 13.5. The summed E-state index contributed by atoms with van der Waals surface area (Å²) >= 11 is 0. The number of aromatic nitrogens is 3. The Bertz CT molecular complexity index is 1090. The summed E-state index contributed by atoms with van der Waals surface area (Å²) in [5.74, 6) is 0.0361. The lowest BCUT2D eigenvalue weighted by atomic mass is 9.98. The lowest BCUT2D eigenvalue weighted by Gasteiger charge is -2.39. The lowest BCUT2D eigenvalue weighted by Crippen LogP contribution is -2.51. The molecule has 1 saturated heterocycles. The molecule has 4 heterocycles. The third-order valence-electron chi connectivity index (χ3n) is 5.62. The first-order valence-electron chi connectivity index (χ1n) is 10.00. The number of nitrogens with zero attached hydrogens (tertiary/aromatic N) is 4. The van der Waals surface area contributed by atoms with Gasteiger partial charge in [-0.25, -0.2) is 9.37 Å². The van der Waals surface area contributed by atoms with Crippen LogP contribution in [0.5, 0.6) is 0 Å². The number of benzene rings is 1. The molecule has 3 aromatic rings. The van der Waals surface area contributed by atoms with E-state index in [0.717, 1.165) is 60.9 Å². The van der Waals surface area contributed by atoms with Gasteiger partial charge in [-0.15, -0.1) is 0 Å². The Morgan fingerprint density at radius 3 is 2.67 bits per heavy atom. The number of halogens is 1. The molecule has 0 spiro atoms. The largest absolute Gasteiger partial charge is 0.378 e. The van der Waals surface area contributed by atoms with Gasteiger partial charge in [0.25, 0.3) is 0 Å². The Balaban J connectivity index is 1.62. The molecule has 1 amide bonds. The number of pyridine rings is 1. The van der Waals surface area contributed by atoms with E-state index in [0.29, 0.717) is 11.9 Å². The molecule has 2 aliphatic heterocycles. The molecular formula is C22H22FN5O2. The van der Waals surface area contributed by atoms with Crippen molar-refractivity contribution in [3.8, 4) is 22.4 Å². The number of anilines is 1. The molecule has 0 saturated carbocycles. The number of hydrogen-bond acceptors (Lipinski definition) is 5. The average molecular weight is 407 g/mol. The molecule has 2 aliphatic rings. The second-order valence-electron chi connectivity index (χ2n) is 7.67. The fourth-order valence-corrected chi connectivity index (χ4v) is 4.03. The van der Waals surface area contributed by atoms with Crippen LogP contribution in [0.3, 0.4) is 0 Å². The normalized spacial score (nSPS) is 16.7. The van der Waals surface area contributed by atoms with Crippen LogP contribution in [0.15, 0.2) is 42.6 Å². The van der Waals surface area contributed by atoms with Gasteiger partial charge in [0.05, 0.1) is 31.5 Å². The van der Waals surface area contributed by atoms with Crippen molar-refractivity contribution in [1.29, 1.82) is 0 Å². The first-order valence-corrected chi connectivity index (χ1v) is 10.00. The fraction of sp³-hybridized carbons (Fsp3) is 0.318. The van der Waals surface area contributed by atoms with Crippen LogP contribution in [0, 0.1) is 5.82 Å². The summed E-state index contributed by atoms with van der Waals surface area (Å²) in [5, 5.41) is 7.63. The average Bonchev–Trinajstić information content (AvgIpc) is 3.06. The quantitative estimate of drug-likeness (QED) is 0.720. The van der Waals surface area contributed by atoms with Crippen LogP contribution in [-0.4, -0.2) is 51.4 Å². The molecule has 8 heteroatoms. The maximum absolute atomic E-state index is 13.5. The van der Waals surface area contributed by atoms with E-state index in [4.69, 9.17) is 9.84 Å². The monoisotopic (exact) mass is 407 g/mol. The fourth-order valence-electron chi connectivity index (χ4n) is 4.03. The highest BCUT2D eigenvalue weighted by atomic mass is 19.1. The van der Waals surface area contributed by atoms with Gasteiger partial charge in [0.2, 0.25) is 5.91 Å². The predicted molar refractivity (Wildman–Crippen MR) is 110 cm³/mol. The molecule has 0 radical (unpaired) electrons. The number of carbonyl (C=O) groups is 1. The van der Waals surface area contributed by atoms with E-state index in [9.17, 15) is 9.18 Å². The second-order valence-corrected chi connectivity index (χ2v) is 7.67. The Morgan fingerprint density at radius 1 is 1.17 bits per heavy atom. The van der Waals surface area contributed by atoms with Crippen molar-refractivity contribution in [2.24, 2.45) is 0 Å². The number of carbonyl (C=O) groups excluding carboxylic acids is 1. The molecule has 5 rings (SSSR count). The Hall–Kier alpha value is -3.10. The molecule has 0 bridgehead atoms. The molecule has 1 aromatic carbocycles. The topological polar surface area (TPSA) is 72.3 Å². The van der Waals surface area contributed by atoms with Gasteiger partial charge in [-0.2, -0.15) is 5.10 Å². The molecule has 0 atom stereocenters. The van der Waals surface area contributed by atoms with Gasteiger partial charge in [-0.05, 0) is 42.0 Å². The molecule has 1 fully saturated rings. The Morgan fingerprint density at radius 2 is 1.97 bits per heavy atom. The summed E-state index contributed by atoms with van der Waals surface area (Å²) < 4.78 is 20.9. The van der Waals surface area contributed by atoms with Crippen LogP contribution in [0.25, 0.3) is 22.4 Å². The van der Waals surface area contributed by atoms with E-state index >= 15 is 0 Å². The third kappa shape index (κ3) is 3.48. The second kappa shape index (κ2) is 7.62. The third-order valence-corrected chi connectivity index (χ3v) is 5.62. The summed E-state index contributed by atoms with van der Waals surface area (Å²) in [4.78, 5) is 18.2. The van der Waals surface area contributed by atoms with E-state index in [2.05, 4.69) is 15.2 Å². The van der Waals surface area contributed by atoms with Gasteiger partial charge >= 0.3 is 0 Å². The van der Waals surface area contributed by atoms with Gasteiger partial charge in [0, 0.05) is 37.3 Å². The van der Waals surface area contributed by atoms with Gasteiger partial charge in [0.15, 0.2) is 0 Å². The van der Waals surface area contributed by atoms with Crippen LogP contribution in [-0.2, 0) is 22.6 Å². The summed E-state index contributed by atoms with van der Waals surface area (Å²) in [5.41, 5.74) is 4.66. The zero-order valence-corrected chi connectivity index (χ0v) is 16.6. The number of fused-ring (bicyclic) bond motifs is 1. The summed E-state index contributed by atoms with van der Waals surface area (Å²) in [6, 6.07) is 10.6. The van der Waals surface area contributed by atoms with E-state index in [1.807, 2.05) is 16.8 Å². The van der Waals surface area contributed by atoms with E-state index in [1.165, 1.54) is 19.1 Å². The van der Waals surface area contributed by atoms with Crippen molar-refractivity contribution in [3.05, 3.63) is 54.1 Å². The summed E-state index contributed by atoms with van der Waals surface area (Å²) in [7, 11) is 0. The molecule has 2 aromatic heterocycles. The summed E-state index contributed by atoms with van der Waals surface area (Å²) in [6.07, 6.45) is 1.68. The van der Waals surface area contributed by atoms with Gasteiger partial charge in [0.1, 0.15) is 17.3 Å². The number of hydrogen-bond donors (Lipinski definition) is 1. The molecule has 7 nitrogen and oxygen atoms in total. The highest BCUT2D eigenvalue weighted by molar-refractivity contribution is 5.89. The molecule has 1 N–H and O–H groups in total. The number of ether oxygens (including phenoxy) is 1. The maximum Gasteiger partial charge on any atom is 0.222 e. The standard InChI is InChI=1S/C22H22FN5O2/c1-14(29)25-20-10-16(6-7-24-20)21-19-11-27(18-12-30-13-18)8-9-28(19)26-22(21)15-2-4-17(23)5-3-15/h2-7,10,18H,8-9,11-13H2,1H3,(H,24,25,29). The van der Waals surface area contributed by atoms with Crippen molar-refractivity contribution in [2.75, 3.05) is 25.1 Å². The van der Waals surface area contributed by atoms with E-state index in [-0.39, 0.29) is 11.7 Å². The van der Waals surface area contributed by atoms with Crippen LogP contribution in [0.1, 0.15) is 12.6 Å². The van der Waals surface area contributed by atoms with E-state index < -0.39 is 0 Å². The highest BCUT2D eigenvalue weighted by Gasteiger charge is 2.32. The minimum absolute atomic E-state index is 0.174. The van der Waals surface area contributed by atoms with Crippen molar-refractivity contribution in [1.82, 2.24) is 19.7 Å². The van der Waals surface area contributed by atoms with Crippen LogP contribution < -0.4 is 5.32 Å². The highest BCUT2D eigenvalue weighted by Crippen LogP contribution is 2.37. The number of rotatable bonds is 4. The zero-order chi connectivity index (χ0) is 20.7. The van der Waals surface area contributed by atoms with Crippen LogP contribution in [0.4, 0.5) is 10.2 Å². The van der Waals surface area contributed by atoms with Crippen molar-refractivity contribution in [2.45, 2.75) is 26.1 Å². The molecule has 0 unspecified atom stereocenters. The van der Waals surface area contributed by atoms with Crippen LogP contribution in [0.2, 0.25) is 0 Å². The van der Waals surface area contributed by atoms with Gasteiger partial charge in [-0.3, -0.25) is 14.4 Å². The van der Waals surface area contributed by atoms with Gasteiger partial charge in [-0.1, -0.05) is 0 Å². The van der Waals surface area contributed by atoms with Crippen LogP contribution >= 0.6 is 0 Å². The summed E-state index contributed by atoms with van der Waals surface area (Å²) in [6.45, 7) is 5.43. The smallest absolute Gasteiger partial charge is 0.222 e.